The molecule has 1 aliphatic heterocycles. The van der Waals surface area contributed by atoms with Gasteiger partial charge >= 0.3 is 0 Å². The molecule has 0 saturated heterocycles. The number of Topliss-reactive ketones (excluding diaryl/α,β-unsaturated/α-hetero) is 1. The number of nitrogens with one attached hydrogen (secondary N) is 1. The van der Waals surface area contributed by atoms with Crippen LogP contribution >= 0.6 is 0 Å². The number of rotatable bonds is 3. The summed E-state index contributed by atoms with van der Waals surface area (Å²) in [5, 5.41) is 10.6. The van der Waals surface area contributed by atoms with Gasteiger partial charge in [-0.15, -0.1) is 0 Å². The largest absolute Gasteiger partial charge is 0.503 e. The van der Waals surface area contributed by atoms with Crippen molar-refractivity contribution in [1.29, 1.82) is 0 Å². The summed E-state index contributed by atoms with van der Waals surface area (Å²) in [5.74, 6) is -9.98. The Morgan fingerprint density at radius 2 is 1.72 bits per heavy atom. The number of hydrogen-bond donors (Lipinski definition) is 2. The molecule has 6 nitrogen and oxygen atoms in total. The molecule has 0 saturated carbocycles. The molecule has 0 bridgehead atoms. The summed E-state index contributed by atoms with van der Waals surface area (Å²) < 4.78 is 57.8. The van der Waals surface area contributed by atoms with E-state index in [0.29, 0.717) is 11.0 Å². The molecule has 2 heterocycles. The van der Waals surface area contributed by atoms with Gasteiger partial charge in [0.05, 0.1) is 28.5 Å². The van der Waals surface area contributed by atoms with E-state index in [-0.39, 0.29) is 11.8 Å². The third-order valence-electron chi connectivity index (χ3n) is 5.24. The molecule has 0 fully saturated rings. The van der Waals surface area contributed by atoms with Crippen LogP contribution in [0.3, 0.4) is 0 Å². The van der Waals surface area contributed by atoms with Gasteiger partial charge in [0.2, 0.25) is 0 Å². The number of hydrogen-bond acceptors (Lipinski definition) is 4. The summed E-state index contributed by atoms with van der Waals surface area (Å²) in [6, 6.07) is 2.35. The van der Waals surface area contributed by atoms with Crippen LogP contribution < -0.4 is 4.90 Å². The lowest BCUT2D eigenvalue weighted by molar-refractivity contribution is -0.123. The second kappa shape index (κ2) is 7.18. The third kappa shape index (κ3) is 3.14. The lowest BCUT2D eigenvalue weighted by atomic mass is 9.82. The molecule has 3 aromatic rings. The van der Waals surface area contributed by atoms with Crippen molar-refractivity contribution in [3.8, 4) is 0 Å². The molecule has 1 aliphatic rings. The number of halogens is 4. The minimum absolute atomic E-state index is 0.0171. The second-order valence-corrected chi connectivity index (χ2v) is 8.40. The molecule has 166 valence electrons. The first-order chi connectivity index (χ1) is 14.9. The van der Waals surface area contributed by atoms with Gasteiger partial charge in [-0.3, -0.25) is 14.5 Å². The van der Waals surface area contributed by atoms with Crippen molar-refractivity contribution in [1.82, 2.24) is 9.97 Å². The molecule has 0 aliphatic carbocycles. The van der Waals surface area contributed by atoms with Gasteiger partial charge in [0.15, 0.2) is 34.8 Å². The summed E-state index contributed by atoms with van der Waals surface area (Å²) in [6.45, 7) is 4.40. The number of imidazole rings is 1. The van der Waals surface area contributed by atoms with Crippen molar-refractivity contribution < 1.29 is 32.3 Å². The molecule has 2 N–H and O–H groups in total. The van der Waals surface area contributed by atoms with Gasteiger partial charge in [-0.05, 0) is 18.2 Å². The van der Waals surface area contributed by atoms with Crippen LogP contribution in [0, 0.1) is 28.7 Å². The number of H-pyrrole nitrogens is 1. The Bertz CT molecular complexity index is 1300. The topological polar surface area (TPSA) is 86.3 Å². The van der Waals surface area contributed by atoms with Crippen molar-refractivity contribution in [3.63, 3.8) is 0 Å². The van der Waals surface area contributed by atoms with Gasteiger partial charge in [0, 0.05) is 17.2 Å². The molecular formula is C22H17F4N3O3. The highest BCUT2D eigenvalue weighted by Crippen LogP contribution is 2.45. The van der Waals surface area contributed by atoms with Crippen LogP contribution in [-0.2, 0) is 9.59 Å². The molecule has 0 spiro atoms. The number of aromatic nitrogens is 2. The highest BCUT2D eigenvalue weighted by molar-refractivity contribution is 6.17. The van der Waals surface area contributed by atoms with Crippen LogP contribution in [0.4, 0.5) is 23.2 Å². The molecule has 1 amide bonds. The van der Waals surface area contributed by atoms with Gasteiger partial charge in [0.25, 0.3) is 5.91 Å². The van der Waals surface area contributed by atoms with E-state index in [9.17, 15) is 32.3 Å². The Hall–Kier alpha value is -3.69. The first-order valence-electron chi connectivity index (χ1n) is 9.51. The molecule has 1 atom stereocenters. The Balaban J connectivity index is 2.03. The lowest BCUT2D eigenvalue weighted by Gasteiger charge is -2.29. The minimum atomic E-state index is -1.94. The van der Waals surface area contributed by atoms with Gasteiger partial charge in [-0.2, -0.15) is 0 Å². The monoisotopic (exact) mass is 447 g/mol. The standard InChI is InChI=1S/C22H17F4N3O3/c1-22(2,3)20(31)15-18(14-16(25)10(23)7-11(24)17(14)26)29(21(32)19(15)30)9-4-5-12-13(6-9)28-8-27-12/h4-8,18,30H,1-3H3,(H,27,28). The Labute approximate surface area is 179 Å². The molecule has 0 radical (unpaired) electrons. The van der Waals surface area contributed by atoms with Crippen molar-refractivity contribution in [2.75, 3.05) is 4.90 Å². The predicted octanol–water partition coefficient (Wildman–Crippen LogP) is 4.63. The second-order valence-electron chi connectivity index (χ2n) is 8.40. The fraction of sp³-hybridized carbons (Fsp3) is 0.227. The first-order valence-corrected chi connectivity index (χ1v) is 9.51. The number of benzene rings is 2. The van der Waals surface area contributed by atoms with E-state index in [4.69, 9.17) is 0 Å². The van der Waals surface area contributed by atoms with Crippen LogP contribution in [0.2, 0.25) is 0 Å². The fourth-order valence-corrected chi connectivity index (χ4v) is 3.69. The number of anilines is 1. The quantitative estimate of drug-likeness (QED) is 0.453. The van der Waals surface area contributed by atoms with Crippen LogP contribution in [0.5, 0.6) is 0 Å². The van der Waals surface area contributed by atoms with Crippen molar-refractivity contribution in [2.45, 2.75) is 26.8 Å². The summed E-state index contributed by atoms with van der Waals surface area (Å²) in [4.78, 5) is 33.7. The predicted molar refractivity (Wildman–Crippen MR) is 107 cm³/mol. The van der Waals surface area contributed by atoms with Gasteiger partial charge in [-0.1, -0.05) is 20.8 Å². The van der Waals surface area contributed by atoms with Crippen LogP contribution in [-0.4, -0.2) is 26.8 Å². The number of carbonyl (C=O) groups excluding carboxylic acids is 2. The normalized spacial score (nSPS) is 17.0. The number of fused-ring (bicyclic) bond motifs is 1. The molecule has 1 aromatic heterocycles. The van der Waals surface area contributed by atoms with E-state index in [2.05, 4.69) is 9.97 Å². The Morgan fingerprint density at radius 1 is 1.09 bits per heavy atom. The Morgan fingerprint density at radius 3 is 2.31 bits per heavy atom. The zero-order chi connectivity index (χ0) is 23.5. The highest BCUT2D eigenvalue weighted by Gasteiger charge is 2.49. The third-order valence-corrected chi connectivity index (χ3v) is 5.24. The molecule has 32 heavy (non-hydrogen) atoms. The lowest BCUT2D eigenvalue weighted by Crippen LogP contribution is -2.34. The summed E-state index contributed by atoms with van der Waals surface area (Å²) in [6.07, 6.45) is 1.38. The van der Waals surface area contributed by atoms with E-state index in [0.717, 1.165) is 4.90 Å². The van der Waals surface area contributed by atoms with Gasteiger partial charge in [-0.25, -0.2) is 22.5 Å². The smallest absolute Gasteiger partial charge is 0.294 e. The van der Waals surface area contributed by atoms with E-state index >= 15 is 0 Å². The van der Waals surface area contributed by atoms with Gasteiger partial charge in [0.1, 0.15) is 6.04 Å². The minimum Gasteiger partial charge on any atom is -0.503 e. The SMILES string of the molecule is CC(C)(C)C(=O)C1=C(O)C(=O)N(c2ccc3nc[nH]c3c2)C1c1c(F)c(F)cc(F)c1F. The summed E-state index contributed by atoms with van der Waals surface area (Å²) in [5.41, 5.74) is -2.08. The number of aliphatic hydroxyl groups is 1. The maximum Gasteiger partial charge on any atom is 0.294 e. The molecule has 10 heteroatoms. The van der Waals surface area contributed by atoms with E-state index in [1.807, 2.05) is 0 Å². The van der Waals surface area contributed by atoms with E-state index in [1.54, 1.807) is 0 Å². The zero-order valence-electron chi connectivity index (χ0n) is 17.1. The molecule has 2 aromatic carbocycles. The molecule has 1 unspecified atom stereocenters. The van der Waals surface area contributed by atoms with Crippen molar-refractivity contribution in [3.05, 3.63) is 70.8 Å². The summed E-state index contributed by atoms with van der Waals surface area (Å²) >= 11 is 0. The number of nitrogens with zero attached hydrogens (tertiary/aromatic N) is 2. The maximum atomic E-state index is 14.8. The number of aromatic amines is 1. The number of amides is 1. The van der Waals surface area contributed by atoms with Gasteiger partial charge < -0.3 is 10.1 Å². The number of carbonyl (C=O) groups is 2. The van der Waals surface area contributed by atoms with Crippen LogP contribution in [0.15, 0.2) is 41.9 Å². The van der Waals surface area contributed by atoms with E-state index < -0.39 is 63.3 Å². The van der Waals surface area contributed by atoms with Crippen LogP contribution in [0.1, 0.15) is 32.4 Å². The van der Waals surface area contributed by atoms with Crippen molar-refractivity contribution >= 4 is 28.4 Å². The fourth-order valence-electron chi connectivity index (χ4n) is 3.69. The maximum absolute atomic E-state index is 14.8. The van der Waals surface area contributed by atoms with Crippen LogP contribution in [0.25, 0.3) is 11.0 Å². The average molecular weight is 447 g/mol. The molecule has 4 rings (SSSR count). The molecular weight excluding hydrogens is 430 g/mol. The number of aliphatic hydroxyl groups excluding tert-OH is 1. The average Bonchev–Trinajstić information content (AvgIpc) is 3.28. The van der Waals surface area contributed by atoms with E-state index in [1.165, 1.54) is 45.3 Å². The summed E-state index contributed by atoms with van der Waals surface area (Å²) in [7, 11) is 0. The number of ketones is 1. The zero-order valence-corrected chi connectivity index (χ0v) is 17.1. The van der Waals surface area contributed by atoms with Crippen molar-refractivity contribution in [2.24, 2.45) is 5.41 Å². The first kappa shape index (κ1) is 21.5. The Kier molecular flexibility index (Phi) is 4.83. The highest BCUT2D eigenvalue weighted by atomic mass is 19.2.